The van der Waals surface area contributed by atoms with Crippen molar-refractivity contribution in [2.45, 2.75) is 123 Å². The number of aliphatic carboxylic acids is 1. The molecule has 8 atom stereocenters. The van der Waals surface area contributed by atoms with Crippen LogP contribution < -0.4 is 34.4 Å². The Morgan fingerprint density at radius 1 is 0.528 bits per heavy atom. The van der Waals surface area contributed by atoms with E-state index in [1.165, 1.54) is 35.0 Å². The number of carbonyl (C=O) groups is 6. The number of carboxylic acids is 1. The van der Waals surface area contributed by atoms with Crippen molar-refractivity contribution < 1.29 is 33.9 Å². The monoisotopic (exact) mass is 759 g/mol. The summed E-state index contributed by atoms with van der Waals surface area (Å²) >= 11 is 0. The van der Waals surface area contributed by atoms with Crippen LogP contribution in [0.4, 0.5) is 0 Å². The molecule has 2 unspecified atom stereocenters. The van der Waals surface area contributed by atoms with E-state index in [4.69, 9.17) is 34.4 Å². The average molecular weight is 759 g/mol. The van der Waals surface area contributed by atoms with Crippen molar-refractivity contribution in [2.75, 3.05) is 35.2 Å². The number of carbonyl (C=O) groups excluding carboxylic acids is 5. The predicted octanol–water partition coefficient (Wildman–Crippen LogP) is -2.09. The molecule has 0 aromatic carbocycles. The van der Waals surface area contributed by atoms with Crippen LogP contribution in [0.15, 0.2) is 0 Å². The second-order valence-corrected chi connectivity index (χ2v) is 15.5. The lowest BCUT2D eigenvalue weighted by Crippen LogP contribution is -2.91. The molecule has 53 heavy (non-hydrogen) atoms. The number of nitrogens with two attached hydrogens (primary N) is 6. The average Bonchev–Trinajstić information content (AvgIpc) is 3.06. The molecule has 0 rings (SSSR count). The van der Waals surface area contributed by atoms with Gasteiger partial charge in [-0.05, 0) is 43.9 Å². The Bertz CT molecular complexity index is 1310. The first-order chi connectivity index (χ1) is 24.0. The standard InChI is InChI=1S/C34H70N12O7/c1-17(2)16-23(37)29(49)43(13)34(42(12)27(47)21(9)35,44(14)31(51)25(39)19(5)6)46(45(15)28(48)22(10)36)33(32(52)53,26(40)20(7)8)41(11)30(50)24(38)18(3)4/h17-26H,16,35-40H2,1-15H3,(H,52,53)/t21?,22-,23-,24-,25-,26?,33-,34-/m1/s1. The molecule has 0 aromatic rings. The van der Waals surface area contributed by atoms with E-state index >= 15 is 0 Å². The van der Waals surface area contributed by atoms with Gasteiger partial charge in [0.15, 0.2) is 0 Å². The minimum Gasteiger partial charge on any atom is -0.478 e. The molecule has 0 aliphatic heterocycles. The van der Waals surface area contributed by atoms with Crippen molar-refractivity contribution in [1.29, 1.82) is 0 Å². The van der Waals surface area contributed by atoms with Crippen LogP contribution in [0.2, 0.25) is 0 Å². The van der Waals surface area contributed by atoms with Crippen LogP contribution in [0.1, 0.15) is 75.7 Å². The first-order valence-electron chi connectivity index (χ1n) is 17.9. The summed E-state index contributed by atoms with van der Waals surface area (Å²) in [6.45, 7) is 16.0. The third-order valence-electron chi connectivity index (χ3n) is 9.74. The van der Waals surface area contributed by atoms with E-state index in [0.29, 0.717) is 0 Å². The van der Waals surface area contributed by atoms with E-state index in [1.807, 2.05) is 13.8 Å². The molecule has 19 nitrogen and oxygen atoms in total. The molecule has 0 heterocycles. The van der Waals surface area contributed by atoms with Crippen LogP contribution in [0.5, 0.6) is 0 Å². The predicted molar refractivity (Wildman–Crippen MR) is 202 cm³/mol. The minimum atomic E-state index is -2.96. The van der Waals surface area contributed by atoms with E-state index < -0.39 is 101 Å². The van der Waals surface area contributed by atoms with Gasteiger partial charge >= 0.3 is 5.97 Å². The van der Waals surface area contributed by atoms with Gasteiger partial charge in [-0.1, -0.05) is 55.4 Å². The molecule has 0 aliphatic rings. The smallest absolute Gasteiger partial charge is 0.348 e. The van der Waals surface area contributed by atoms with E-state index in [0.717, 1.165) is 43.7 Å². The number of hydrogen-bond acceptors (Lipinski definition) is 13. The van der Waals surface area contributed by atoms with Gasteiger partial charge in [0.2, 0.25) is 29.3 Å². The van der Waals surface area contributed by atoms with Crippen molar-refractivity contribution in [3.63, 3.8) is 0 Å². The summed E-state index contributed by atoms with van der Waals surface area (Å²) in [6, 6.07) is -8.25. The molecule has 0 saturated heterocycles. The van der Waals surface area contributed by atoms with E-state index in [9.17, 15) is 33.9 Å². The van der Waals surface area contributed by atoms with Gasteiger partial charge in [-0.3, -0.25) is 43.7 Å². The normalized spacial score (nSPS) is 17.7. The maximum Gasteiger partial charge on any atom is 0.348 e. The zero-order valence-corrected chi connectivity index (χ0v) is 34.5. The highest BCUT2D eigenvalue weighted by atomic mass is 16.4. The third kappa shape index (κ3) is 9.62. The Hall–Kier alpha value is -3.46. The molecule has 308 valence electrons. The zero-order chi connectivity index (χ0) is 42.4. The lowest BCUT2D eigenvalue weighted by molar-refractivity contribution is -0.325. The number of nitrogens with zero attached hydrogens (tertiary/aromatic N) is 6. The fraction of sp³-hybridized carbons (Fsp3) is 0.824. The Balaban J connectivity index is 9.68. The quantitative estimate of drug-likeness (QED) is 0.0549. The summed E-state index contributed by atoms with van der Waals surface area (Å²) in [7, 11) is 5.79. The molecule has 0 aromatic heterocycles. The Kier molecular flexibility index (Phi) is 18.0. The van der Waals surface area contributed by atoms with E-state index in [1.54, 1.807) is 41.5 Å². The lowest BCUT2D eigenvalue weighted by atomic mass is 9.86. The van der Waals surface area contributed by atoms with Crippen LogP contribution in [-0.2, 0) is 28.8 Å². The SMILES string of the molecule is CC(C)C[C@@H](N)C(=O)N(C)[C@](N(C)C(=O)C(C)N)(N(C)C(=O)[C@H](N)C(C)C)N(N(C)C(=O)[C@@H](C)N)[C@@](C(=O)O)(C(N)C(C)C)N(C)C(=O)[C@H](N)C(C)C. The molecule has 0 bridgehead atoms. The summed E-state index contributed by atoms with van der Waals surface area (Å²) in [4.78, 5) is 90.2. The number of hydrogen-bond donors (Lipinski definition) is 7. The summed E-state index contributed by atoms with van der Waals surface area (Å²) in [5, 5.41) is 13.2. The molecule has 0 radical (unpaired) electrons. The summed E-state index contributed by atoms with van der Waals surface area (Å²) in [6.07, 6.45) is 0.110. The molecule has 0 fully saturated rings. The molecule has 0 aliphatic carbocycles. The molecule has 5 amide bonds. The number of carboxylic acid groups (broad SMARTS) is 1. The maximum absolute atomic E-state index is 14.7. The molecule has 13 N–H and O–H groups in total. The fourth-order valence-electron chi connectivity index (χ4n) is 6.29. The first-order valence-corrected chi connectivity index (χ1v) is 17.9. The highest BCUT2D eigenvalue weighted by molar-refractivity contribution is 5.92. The van der Waals surface area contributed by atoms with Crippen molar-refractivity contribution in [3.05, 3.63) is 0 Å². The van der Waals surface area contributed by atoms with Crippen LogP contribution >= 0.6 is 0 Å². The highest BCUT2D eigenvalue weighted by Gasteiger charge is 2.70. The van der Waals surface area contributed by atoms with Gasteiger partial charge in [-0.2, -0.15) is 0 Å². The van der Waals surface area contributed by atoms with Crippen molar-refractivity contribution >= 4 is 35.5 Å². The fourth-order valence-corrected chi connectivity index (χ4v) is 6.29. The maximum atomic E-state index is 14.7. The number of rotatable bonds is 19. The largest absolute Gasteiger partial charge is 0.478 e. The Morgan fingerprint density at radius 3 is 1.21 bits per heavy atom. The van der Waals surface area contributed by atoms with Gasteiger partial charge in [-0.15, -0.1) is 5.01 Å². The van der Waals surface area contributed by atoms with Gasteiger partial charge in [-0.25, -0.2) is 4.79 Å². The summed E-state index contributed by atoms with van der Waals surface area (Å²) in [5.74, 6) is -11.3. The highest BCUT2D eigenvalue weighted by Crippen LogP contribution is 2.41. The van der Waals surface area contributed by atoms with Crippen LogP contribution in [-0.4, -0.2) is 153 Å². The molecule has 0 saturated carbocycles. The number of amides is 5. The third-order valence-corrected chi connectivity index (χ3v) is 9.74. The molecule has 0 spiro atoms. The molecular formula is C34H70N12O7. The van der Waals surface area contributed by atoms with Gasteiger partial charge in [0.25, 0.3) is 11.8 Å². The van der Waals surface area contributed by atoms with Crippen LogP contribution in [0.3, 0.4) is 0 Å². The zero-order valence-electron chi connectivity index (χ0n) is 34.5. The Morgan fingerprint density at radius 2 is 0.887 bits per heavy atom. The Labute approximate surface area is 315 Å². The summed E-state index contributed by atoms with van der Waals surface area (Å²) in [5.41, 5.74) is 35.6. The minimum absolute atomic E-state index is 0.110. The first kappa shape index (κ1) is 49.5. The topological polar surface area (TPSA) is 298 Å². The van der Waals surface area contributed by atoms with E-state index in [-0.39, 0.29) is 12.3 Å². The van der Waals surface area contributed by atoms with Gasteiger partial charge in [0.05, 0.1) is 36.3 Å². The van der Waals surface area contributed by atoms with Crippen LogP contribution in [0, 0.1) is 23.7 Å². The second-order valence-electron chi connectivity index (χ2n) is 15.5. The number of hydrazine groups is 1. The van der Waals surface area contributed by atoms with E-state index in [2.05, 4.69) is 0 Å². The summed E-state index contributed by atoms with van der Waals surface area (Å²) < 4.78 is 0. The second kappa shape index (κ2) is 19.2. The lowest BCUT2D eigenvalue weighted by Gasteiger charge is -2.65. The molecular weight excluding hydrogens is 688 g/mol. The van der Waals surface area contributed by atoms with Crippen molar-refractivity contribution in [3.8, 4) is 0 Å². The van der Waals surface area contributed by atoms with Crippen LogP contribution in [0.25, 0.3) is 0 Å². The molecule has 19 heteroatoms. The van der Waals surface area contributed by atoms with Gasteiger partial charge in [0, 0.05) is 35.2 Å². The van der Waals surface area contributed by atoms with Crippen molar-refractivity contribution in [2.24, 2.45) is 58.1 Å². The van der Waals surface area contributed by atoms with Gasteiger partial charge in [0.1, 0.15) is 0 Å². The number of likely N-dealkylation sites (N-methyl/N-ethyl adjacent to an activating group) is 5. The van der Waals surface area contributed by atoms with Gasteiger partial charge < -0.3 is 44.4 Å². The van der Waals surface area contributed by atoms with Crippen molar-refractivity contribution in [1.82, 2.24) is 29.6 Å².